The molecule has 0 spiro atoms. The Morgan fingerprint density at radius 3 is 2.73 bits per heavy atom. The Labute approximate surface area is 89.6 Å². The molecule has 2 N–H and O–H groups in total. The molecule has 82 valence electrons. The average molecular weight is 226 g/mol. The van der Waals surface area contributed by atoms with Gasteiger partial charge < -0.3 is 0 Å². The Hall–Kier alpha value is -0.940. The topological polar surface area (TPSA) is 73.0 Å². The molecule has 1 aromatic rings. The summed E-state index contributed by atoms with van der Waals surface area (Å²) in [6, 6.07) is 3.12. The standard InChI is InChI=1S/C10H14N2O2S/c1-7(8-4-5-8)10-9(15(11,13)14)3-2-6-12-10/h2-3,6-8H,4-5H2,1H3,(H2,11,13,14)/t7-/m0/s1. The molecule has 0 aromatic carbocycles. The number of aromatic nitrogens is 1. The van der Waals surface area contributed by atoms with Crippen molar-refractivity contribution < 1.29 is 8.42 Å². The Bertz CT molecular complexity index is 466. The van der Waals surface area contributed by atoms with Crippen molar-refractivity contribution in [2.24, 2.45) is 11.1 Å². The summed E-state index contributed by atoms with van der Waals surface area (Å²) < 4.78 is 22.7. The molecule has 0 bridgehead atoms. The molecule has 0 saturated heterocycles. The van der Waals surface area contributed by atoms with Crippen LogP contribution in [-0.2, 0) is 10.0 Å². The smallest absolute Gasteiger partial charge is 0.239 e. The molecule has 5 heteroatoms. The van der Waals surface area contributed by atoms with E-state index >= 15 is 0 Å². The normalized spacial score (nSPS) is 18.8. The van der Waals surface area contributed by atoms with Crippen molar-refractivity contribution in [1.82, 2.24) is 4.98 Å². The summed E-state index contributed by atoms with van der Waals surface area (Å²) in [5.74, 6) is 0.750. The SMILES string of the molecule is C[C@H](c1ncccc1S(N)(=O)=O)C1CC1. The van der Waals surface area contributed by atoms with Crippen molar-refractivity contribution in [1.29, 1.82) is 0 Å². The summed E-state index contributed by atoms with van der Waals surface area (Å²) in [4.78, 5) is 4.32. The Morgan fingerprint density at radius 2 is 2.20 bits per heavy atom. The van der Waals surface area contributed by atoms with E-state index in [4.69, 9.17) is 5.14 Å². The van der Waals surface area contributed by atoms with Gasteiger partial charge in [-0.1, -0.05) is 6.92 Å². The zero-order chi connectivity index (χ0) is 11.1. The molecule has 2 rings (SSSR count). The molecule has 1 fully saturated rings. The number of primary sulfonamides is 1. The Morgan fingerprint density at radius 1 is 1.53 bits per heavy atom. The molecule has 4 nitrogen and oxygen atoms in total. The summed E-state index contributed by atoms with van der Waals surface area (Å²) >= 11 is 0. The molecular weight excluding hydrogens is 212 g/mol. The van der Waals surface area contributed by atoms with Gasteiger partial charge in [-0.15, -0.1) is 0 Å². The minimum atomic E-state index is -3.65. The van der Waals surface area contributed by atoms with Crippen LogP contribution >= 0.6 is 0 Å². The van der Waals surface area contributed by atoms with Gasteiger partial charge in [0.25, 0.3) is 0 Å². The third-order valence-corrected chi connectivity index (χ3v) is 3.82. The van der Waals surface area contributed by atoms with E-state index in [1.807, 2.05) is 6.92 Å². The summed E-state index contributed by atoms with van der Waals surface area (Å²) in [6.45, 7) is 2.01. The van der Waals surface area contributed by atoms with Crippen molar-refractivity contribution in [3.63, 3.8) is 0 Å². The van der Waals surface area contributed by atoms with Crippen molar-refractivity contribution in [2.45, 2.75) is 30.6 Å². The van der Waals surface area contributed by atoms with Gasteiger partial charge in [-0.2, -0.15) is 0 Å². The lowest BCUT2D eigenvalue weighted by Gasteiger charge is -2.12. The van der Waals surface area contributed by atoms with Crippen LogP contribution in [0.5, 0.6) is 0 Å². The molecule has 1 aromatic heterocycles. The summed E-state index contributed by atoms with van der Waals surface area (Å²) in [5.41, 5.74) is 0.613. The maximum absolute atomic E-state index is 11.3. The van der Waals surface area contributed by atoms with Gasteiger partial charge in [0.1, 0.15) is 4.90 Å². The van der Waals surface area contributed by atoms with E-state index in [-0.39, 0.29) is 10.8 Å². The van der Waals surface area contributed by atoms with Gasteiger partial charge in [-0.05, 0) is 30.9 Å². The molecule has 1 aliphatic rings. The van der Waals surface area contributed by atoms with E-state index in [2.05, 4.69) is 4.98 Å². The summed E-state index contributed by atoms with van der Waals surface area (Å²) in [6.07, 6.45) is 3.92. The number of nitrogens with zero attached hydrogens (tertiary/aromatic N) is 1. The third-order valence-electron chi connectivity index (χ3n) is 2.87. The fourth-order valence-electron chi connectivity index (χ4n) is 1.80. The molecule has 1 atom stereocenters. The van der Waals surface area contributed by atoms with Crippen LogP contribution < -0.4 is 5.14 Å². The minimum Gasteiger partial charge on any atom is -0.260 e. The highest BCUT2D eigenvalue weighted by Gasteiger charge is 2.32. The molecule has 0 aliphatic heterocycles. The Kier molecular flexibility index (Phi) is 2.52. The third kappa shape index (κ3) is 2.18. The molecule has 15 heavy (non-hydrogen) atoms. The monoisotopic (exact) mass is 226 g/mol. The second kappa shape index (κ2) is 3.57. The van der Waals surface area contributed by atoms with E-state index < -0.39 is 10.0 Å². The van der Waals surface area contributed by atoms with Crippen molar-refractivity contribution in [3.05, 3.63) is 24.0 Å². The van der Waals surface area contributed by atoms with Crippen LogP contribution in [0.1, 0.15) is 31.4 Å². The first kappa shape index (κ1) is 10.6. The number of pyridine rings is 1. The van der Waals surface area contributed by atoms with Crippen LogP contribution in [0.4, 0.5) is 0 Å². The van der Waals surface area contributed by atoms with Gasteiger partial charge in [0, 0.05) is 12.1 Å². The van der Waals surface area contributed by atoms with E-state index in [1.165, 1.54) is 6.07 Å². The van der Waals surface area contributed by atoms with Crippen LogP contribution in [0.2, 0.25) is 0 Å². The molecule has 0 unspecified atom stereocenters. The Balaban J connectivity index is 2.46. The first-order valence-electron chi connectivity index (χ1n) is 4.98. The average Bonchev–Trinajstić information content (AvgIpc) is 2.98. The first-order chi connectivity index (χ1) is 7.00. The van der Waals surface area contributed by atoms with E-state index in [9.17, 15) is 8.42 Å². The number of nitrogens with two attached hydrogens (primary N) is 1. The largest absolute Gasteiger partial charge is 0.260 e. The van der Waals surface area contributed by atoms with E-state index in [1.54, 1.807) is 12.3 Å². The number of rotatable bonds is 3. The lowest BCUT2D eigenvalue weighted by molar-refractivity contribution is 0.585. The zero-order valence-electron chi connectivity index (χ0n) is 8.55. The van der Waals surface area contributed by atoms with Crippen molar-refractivity contribution >= 4 is 10.0 Å². The highest BCUT2D eigenvalue weighted by Crippen LogP contribution is 2.42. The van der Waals surface area contributed by atoms with Gasteiger partial charge >= 0.3 is 0 Å². The lowest BCUT2D eigenvalue weighted by Crippen LogP contribution is -2.17. The number of hydrogen-bond donors (Lipinski definition) is 1. The van der Waals surface area contributed by atoms with Crippen LogP contribution in [-0.4, -0.2) is 13.4 Å². The minimum absolute atomic E-state index is 0.171. The van der Waals surface area contributed by atoms with E-state index in [0.717, 1.165) is 12.8 Å². The molecular formula is C10H14N2O2S. The van der Waals surface area contributed by atoms with Crippen LogP contribution in [0.3, 0.4) is 0 Å². The van der Waals surface area contributed by atoms with Gasteiger partial charge in [-0.25, -0.2) is 13.6 Å². The number of hydrogen-bond acceptors (Lipinski definition) is 3. The second-order valence-corrected chi connectivity index (χ2v) is 5.59. The second-order valence-electron chi connectivity index (χ2n) is 4.06. The van der Waals surface area contributed by atoms with Crippen LogP contribution in [0.25, 0.3) is 0 Å². The molecule has 1 aliphatic carbocycles. The first-order valence-corrected chi connectivity index (χ1v) is 6.52. The lowest BCUT2D eigenvalue weighted by atomic mass is 10.0. The molecule has 1 heterocycles. The van der Waals surface area contributed by atoms with Gasteiger partial charge in [-0.3, -0.25) is 4.98 Å². The number of sulfonamides is 1. The maximum Gasteiger partial charge on any atom is 0.239 e. The van der Waals surface area contributed by atoms with Crippen molar-refractivity contribution in [2.75, 3.05) is 0 Å². The van der Waals surface area contributed by atoms with Gasteiger partial charge in [0.15, 0.2) is 0 Å². The molecule has 0 radical (unpaired) electrons. The van der Waals surface area contributed by atoms with E-state index in [0.29, 0.717) is 11.6 Å². The van der Waals surface area contributed by atoms with Gasteiger partial charge in [0.05, 0.1) is 5.69 Å². The molecule has 1 saturated carbocycles. The van der Waals surface area contributed by atoms with Crippen molar-refractivity contribution in [3.8, 4) is 0 Å². The van der Waals surface area contributed by atoms with Crippen LogP contribution in [0, 0.1) is 5.92 Å². The summed E-state index contributed by atoms with van der Waals surface area (Å²) in [5, 5.41) is 5.15. The fourth-order valence-corrected chi connectivity index (χ4v) is 2.60. The zero-order valence-corrected chi connectivity index (χ0v) is 9.37. The predicted molar refractivity (Wildman–Crippen MR) is 56.7 cm³/mol. The quantitative estimate of drug-likeness (QED) is 0.842. The van der Waals surface area contributed by atoms with Gasteiger partial charge in [0.2, 0.25) is 10.0 Å². The maximum atomic E-state index is 11.3. The highest BCUT2D eigenvalue weighted by atomic mass is 32.2. The highest BCUT2D eigenvalue weighted by molar-refractivity contribution is 7.89. The molecule has 0 amide bonds. The summed E-state index contributed by atoms with van der Waals surface area (Å²) in [7, 11) is -3.65. The fraction of sp³-hybridized carbons (Fsp3) is 0.500. The van der Waals surface area contributed by atoms with Crippen LogP contribution in [0.15, 0.2) is 23.2 Å². The predicted octanol–water partition coefficient (Wildman–Crippen LogP) is 1.24.